The van der Waals surface area contributed by atoms with Crippen molar-refractivity contribution < 1.29 is 4.42 Å². The summed E-state index contributed by atoms with van der Waals surface area (Å²) in [5.41, 5.74) is 11.1. The van der Waals surface area contributed by atoms with E-state index < -0.39 is 0 Å². The van der Waals surface area contributed by atoms with E-state index in [4.69, 9.17) is 10.2 Å². The van der Waals surface area contributed by atoms with Crippen molar-refractivity contribution in [2.24, 2.45) is 0 Å². The zero-order valence-electron chi connectivity index (χ0n) is 15.3. The zero-order valence-corrected chi connectivity index (χ0v) is 15.3. The summed E-state index contributed by atoms with van der Waals surface area (Å²) in [5.74, 6) is 1.34. The van der Waals surface area contributed by atoms with Crippen molar-refractivity contribution >= 4 is 22.6 Å². The molecule has 136 valence electrons. The summed E-state index contributed by atoms with van der Waals surface area (Å²) < 4.78 is 6.00. The predicted octanol–water partition coefficient (Wildman–Crippen LogP) is 5.35. The van der Waals surface area contributed by atoms with Crippen LogP contribution in [0.3, 0.4) is 0 Å². The van der Waals surface area contributed by atoms with E-state index in [2.05, 4.69) is 28.3 Å². The molecule has 0 radical (unpaired) electrons. The lowest BCUT2D eigenvalue weighted by Crippen LogP contribution is -2.04. The Balaban J connectivity index is 1.80. The third kappa shape index (κ3) is 3.62. The molecule has 0 amide bonds. The third-order valence-corrected chi connectivity index (χ3v) is 4.45. The fourth-order valence-corrected chi connectivity index (χ4v) is 3.02. The van der Waals surface area contributed by atoms with Crippen molar-refractivity contribution in [2.75, 3.05) is 17.6 Å². The number of unbranched alkanes of at least 4 members (excludes halogenated alkanes) is 1. The first-order valence-corrected chi connectivity index (χ1v) is 9.20. The SMILES string of the molecule is CCCCNc1ncc(-c2cccc(N)c2)cc1-c1nc2ccccc2o1. The van der Waals surface area contributed by atoms with Crippen molar-refractivity contribution in [3.63, 3.8) is 0 Å². The lowest BCUT2D eigenvalue weighted by Gasteiger charge is -2.11. The number of oxazole rings is 1. The molecule has 0 aliphatic heterocycles. The first kappa shape index (κ1) is 17.1. The number of hydrogen-bond donors (Lipinski definition) is 2. The van der Waals surface area contributed by atoms with Gasteiger partial charge in [-0.05, 0) is 42.3 Å². The maximum Gasteiger partial charge on any atom is 0.231 e. The molecule has 2 heterocycles. The van der Waals surface area contributed by atoms with Crippen molar-refractivity contribution in [3.05, 3.63) is 60.8 Å². The molecular weight excluding hydrogens is 336 g/mol. The molecule has 4 rings (SSSR count). The van der Waals surface area contributed by atoms with Gasteiger partial charge in [-0.1, -0.05) is 37.6 Å². The van der Waals surface area contributed by atoms with Crippen molar-refractivity contribution in [1.82, 2.24) is 9.97 Å². The molecule has 2 aromatic heterocycles. The maximum atomic E-state index is 6.00. The quantitative estimate of drug-likeness (QED) is 0.359. The molecule has 0 unspecified atom stereocenters. The highest BCUT2D eigenvalue weighted by atomic mass is 16.3. The standard InChI is InChI=1S/C22H22N4O/c1-2-3-11-24-21-18(22-26-19-9-4-5-10-20(19)27-22)13-16(14-25-21)15-7-6-8-17(23)12-15/h4-10,12-14H,2-3,11,23H2,1H3,(H,24,25). The van der Waals surface area contributed by atoms with E-state index in [1.165, 1.54) is 0 Å². The van der Waals surface area contributed by atoms with Crippen molar-refractivity contribution in [3.8, 4) is 22.6 Å². The fourth-order valence-electron chi connectivity index (χ4n) is 3.02. The van der Waals surface area contributed by atoms with Crippen LogP contribution in [-0.4, -0.2) is 16.5 Å². The average molecular weight is 358 g/mol. The highest BCUT2D eigenvalue weighted by Gasteiger charge is 2.15. The van der Waals surface area contributed by atoms with Crippen LogP contribution in [0.15, 0.2) is 65.2 Å². The summed E-state index contributed by atoms with van der Waals surface area (Å²) in [6.45, 7) is 3.02. The lowest BCUT2D eigenvalue weighted by molar-refractivity contribution is 0.619. The smallest absolute Gasteiger partial charge is 0.231 e. The van der Waals surface area contributed by atoms with Crippen LogP contribution in [-0.2, 0) is 0 Å². The van der Waals surface area contributed by atoms with Gasteiger partial charge in [0.2, 0.25) is 5.89 Å². The molecule has 0 bridgehead atoms. The number of benzene rings is 2. The Morgan fingerprint density at radius 1 is 1.04 bits per heavy atom. The van der Waals surface area contributed by atoms with Crippen LogP contribution in [0.2, 0.25) is 0 Å². The monoisotopic (exact) mass is 358 g/mol. The van der Waals surface area contributed by atoms with Crippen LogP contribution in [0, 0.1) is 0 Å². The molecule has 5 heteroatoms. The summed E-state index contributed by atoms with van der Waals surface area (Å²) in [4.78, 5) is 9.30. The first-order valence-electron chi connectivity index (χ1n) is 9.20. The first-order chi connectivity index (χ1) is 13.2. The molecule has 0 atom stereocenters. The largest absolute Gasteiger partial charge is 0.436 e. The lowest BCUT2D eigenvalue weighted by atomic mass is 10.0. The second-order valence-electron chi connectivity index (χ2n) is 6.51. The van der Waals surface area contributed by atoms with E-state index in [1.54, 1.807) is 0 Å². The van der Waals surface area contributed by atoms with Crippen LogP contribution < -0.4 is 11.1 Å². The van der Waals surface area contributed by atoms with E-state index in [9.17, 15) is 0 Å². The minimum absolute atomic E-state index is 0.563. The van der Waals surface area contributed by atoms with Gasteiger partial charge in [-0.2, -0.15) is 0 Å². The second-order valence-corrected chi connectivity index (χ2v) is 6.51. The molecular formula is C22H22N4O. The van der Waals surface area contributed by atoms with Gasteiger partial charge in [-0.15, -0.1) is 0 Å². The number of nitrogens with one attached hydrogen (secondary N) is 1. The number of nitrogens with two attached hydrogens (primary N) is 1. The number of nitrogens with zero attached hydrogens (tertiary/aromatic N) is 2. The Kier molecular flexibility index (Phi) is 4.75. The van der Waals surface area contributed by atoms with Gasteiger partial charge in [0.15, 0.2) is 5.58 Å². The number of nitrogen functional groups attached to an aromatic ring is 1. The van der Waals surface area contributed by atoms with Crippen LogP contribution in [0.1, 0.15) is 19.8 Å². The third-order valence-electron chi connectivity index (χ3n) is 4.45. The summed E-state index contributed by atoms with van der Waals surface area (Å²) in [7, 11) is 0. The van der Waals surface area contributed by atoms with E-state index >= 15 is 0 Å². The number of aromatic nitrogens is 2. The molecule has 27 heavy (non-hydrogen) atoms. The molecule has 2 aromatic carbocycles. The van der Waals surface area contributed by atoms with Crippen molar-refractivity contribution in [1.29, 1.82) is 0 Å². The number of fused-ring (bicyclic) bond motifs is 1. The molecule has 0 spiro atoms. The molecule has 0 fully saturated rings. The number of hydrogen-bond acceptors (Lipinski definition) is 5. The Morgan fingerprint density at radius 2 is 1.93 bits per heavy atom. The average Bonchev–Trinajstić information content (AvgIpc) is 3.12. The summed E-state index contributed by atoms with van der Waals surface area (Å²) in [6.07, 6.45) is 4.05. The van der Waals surface area contributed by atoms with Gasteiger partial charge in [0.05, 0.1) is 5.56 Å². The van der Waals surface area contributed by atoms with Gasteiger partial charge in [0.25, 0.3) is 0 Å². The Labute approximate surface area is 158 Å². The summed E-state index contributed by atoms with van der Waals surface area (Å²) >= 11 is 0. The van der Waals surface area contributed by atoms with Gasteiger partial charge < -0.3 is 15.5 Å². The number of para-hydroxylation sites is 2. The summed E-state index contributed by atoms with van der Waals surface area (Å²) in [6, 6.07) is 17.6. The highest BCUT2D eigenvalue weighted by molar-refractivity contribution is 5.82. The maximum absolute atomic E-state index is 6.00. The minimum Gasteiger partial charge on any atom is -0.436 e. The van der Waals surface area contributed by atoms with Gasteiger partial charge in [-0.25, -0.2) is 9.97 Å². The molecule has 5 nitrogen and oxygen atoms in total. The second kappa shape index (κ2) is 7.50. The minimum atomic E-state index is 0.563. The summed E-state index contributed by atoms with van der Waals surface area (Å²) in [5, 5.41) is 3.41. The topological polar surface area (TPSA) is 77.0 Å². The number of rotatable bonds is 6. The highest BCUT2D eigenvalue weighted by Crippen LogP contribution is 2.33. The van der Waals surface area contributed by atoms with E-state index in [0.29, 0.717) is 5.89 Å². The Bertz CT molecular complexity index is 1040. The van der Waals surface area contributed by atoms with Gasteiger partial charge in [0, 0.05) is 24.0 Å². The van der Waals surface area contributed by atoms with Crippen LogP contribution in [0.4, 0.5) is 11.5 Å². The molecule has 4 aromatic rings. The van der Waals surface area contributed by atoms with Gasteiger partial charge in [-0.3, -0.25) is 0 Å². The zero-order chi connectivity index (χ0) is 18.6. The van der Waals surface area contributed by atoms with Crippen LogP contribution >= 0.6 is 0 Å². The predicted molar refractivity (Wildman–Crippen MR) is 110 cm³/mol. The van der Waals surface area contributed by atoms with E-state index in [-0.39, 0.29) is 0 Å². The Hall–Kier alpha value is -3.34. The van der Waals surface area contributed by atoms with Crippen LogP contribution in [0.25, 0.3) is 33.7 Å². The van der Waals surface area contributed by atoms with Gasteiger partial charge in [0.1, 0.15) is 11.3 Å². The molecule has 0 aliphatic rings. The van der Waals surface area contributed by atoms with E-state index in [1.807, 2.05) is 54.7 Å². The molecule has 0 saturated carbocycles. The number of anilines is 2. The Morgan fingerprint density at radius 3 is 2.74 bits per heavy atom. The van der Waals surface area contributed by atoms with Gasteiger partial charge >= 0.3 is 0 Å². The molecule has 0 saturated heterocycles. The van der Waals surface area contributed by atoms with Crippen molar-refractivity contribution in [2.45, 2.75) is 19.8 Å². The van der Waals surface area contributed by atoms with E-state index in [0.717, 1.165) is 58.7 Å². The number of pyridine rings is 1. The molecule has 0 aliphatic carbocycles. The fraction of sp³-hybridized carbons (Fsp3) is 0.182. The van der Waals surface area contributed by atoms with Crippen LogP contribution in [0.5, 0.6) is 0 Å². The normalized spacial score (nSPS) is 11.0. The molecule has 3 N–H and O–H groups in total.